The average molecular weight is 478 g/mol. The van der Waals surface area contributed by atoms with Crippen LogP contribution in [0.3, 0.4) is 0 Å². The summed E-state index contributed by atoms with van der Waals surface area (Å²) in [5.41, 5.74) is 3.63. The first-order valence-electron chi connectivity index (χ1n) is 13.0. The lowest BCUT2D eigenvalue weighted by Crippen LogP contribution is -2.51. The fourth-order valence-electron chi connectivity index (χ4n) is 6.35. The molecule has 2 aromatic rings. The second-order valence-corrected chi connectivity index (χ2v) is 11.6. The molecule has 1 amide bonds. The number of benzene rings is 1. The minimum absolute atomic E-state index is 0.00390. The maximum atomic E-state index is 14.4. The minimum Gasteiger partial charge on any atom is -0.336 e. The molecule has 0 atom stereocenters. The second-order valence-electron chi connectivity index (χ2n) is 11.6. The normalized spacial score (nSPS) is 30.3. The molecule has 5 saturated carbocycles. The van der Waals surface area contributed by atoms with Crippen molar-refractivity contribution in [1.29, 1.82) is 0 Å². The van der Waals surface area contributed by atoms with Crippen molar-refractivity contribution in [2.24, 2.45) is 5.41 Å². The number of nitrogens with zero attached hydrogens (tertiary/aromatic N) is 3. The summed E-state index contributed by atoms with van der Waals surface area (Å²) >= 11 is 0. The SMILES string of the molecule is O=C(C1=C=C(F)C1)N(CC12CCC(c3noc(C4(F)CC4)n3)(CC1)CC2)c1cccc(C2CC2)c1. The van der Waals surface area contributed by atoms with Gasteiger partial charge in [-0.1, -0.05) is 23.0 Å². The molecule has 0 unspecified atom stereocenters. The predicted molar refractivity (Wildman–Crippen MR) is 125 cm³/mol. The Balaban J connectivity index is 1.14. The van der Waals surface area contributed by atoms with Crippen molar-refractivity contribution in [3.63, 3.8) is 0 Å². The zero-order chi connectivity index (χ0) is 23.8. The second kappa shape index (κ2) is 7.36. The number of hydrogen-bond donors (Lipinski definition) is 0. The fourth-order valence-corrected chi connectivity index (χ4v) is 6.35. The number of aromatic nitrogens is 2. The minimum atomic E-state index is -1.41. The van der Waals surface area contributed by atoms with Crippen molar-refractivity contribution in [3.8, 4) is 0 Å². The maximum absolute atomic E-state index is 14.4. The number of amides is 1. The van der Waals surface area contributed by atoms with Crippen LogP contribution in [0.5, 0.6) is 0 Å². The van der Waals surface area contributed by atoms with E-state index in [1.165, 1.54) is 18.4 Å². The molecule has 6 aliphatic rings. The molecule has 6 aliphatic carbocycles. The Morgan fingerprint density at radius 3 is 2.46 bits per heavy atom. The third-order valence-electron chi connectivity index (χ3n) is 9.22. The van der Waals surface area contributed by atoms with Crippen LogP contribution in [0.4, 0.5) is 14.5 Å². The largest absolute Gasteiger partial charge is 0.336 e. The van der Waals surface area contributed by atoms with Crippen LogP contribution in [0.25, 0.3) is 0 Å². The van der Waals surface area contributed by atoms with Crippen molar-refractivity contribution in [1.82, 2.24) is 10.1 Å². The van der Waals surface area contributed by atoms with E-state index >= 15 is 0 Å². The smallest absolute Gasteiger partial charge is 0.264 e. The summed E-state index contributed by atoms with van der Waals surface area (Å²) in [6, 6.07) is 8.32. The van der Waals surface area contributed by atoms with Crippen LogP contribution >= 0.6 is 0 Å². The summed E-state index contributed by atoms with van der Waals surface area (Å²) < 4.78 is 33.2. The molecular formula is C28H29F2N3O2. The van der Waals surface area contributed by atoms with Crippen LogP contribution in [0.15, 0.2) is 45.9 Å². The van der Waals surface area contributed by atoms with E-state index in [0.29, 0.717) is 36.7 Å². The zero-order valence-corrected chi connectivity index (χ0v) is 19.8. The predicted octanol–water partition coefficient (Wildman–Crippen LogP) is 6.31. The van der Waals surface area contributed by atoms with Gasteiger partial charge in [0, 0.05) is 24.1 Å². The molecule has 1 aromatic heterocycles. The van der Waals surface area contributed by atoms with Crippen molar-refractivity contribution in [2.45, 2.75) is 87.6 Å². The summed E-state index contributed by atoms with van der Waals surface area (Å²) in [6.45, 7) is 0.619. The lowest BCUT2D eigenvalue weighted by Gasteiger charge is -2.53. The summed E-state index contributed by atoms with van der Waals surface area (Å²) in [4.78, 5) is 19.9. The number of anilines is 1. The van der Waals surface area contributed by atoms with Crippen LogP contribution in [0, 0.1) is 5.41 Å². The molecule has 0 radical (unpaired) electrons. The van der Waals surface area contributed by atoms with E-state index in [1.54, 1.807) is 0 Å². The van der Waals surface area contributed by atoms with Gasteiger partial charge in [0.25, 0.3) is 11.8 Å². The molecule has 5 fully saturated rings. The van der Waals surface area contributed by atoms with Crippen molar-refractivity contribution in [2.75, 3.05) is 11.4 Å². The monoisotopic (exact) mass is 477 g/mol. The Morgan fingerprint density at radius 2 is 1.83 bits per heavy atom. The Morgan fingerprint density at radius 1 is 1.11 bits per heavy atom. The third kappa shape index (κ3) is 3.58. The number of rotatable bonds is 7. The van der Waals surface area contributed by atoms with E-state index in [4.69, 9.17) is 4.52 Å². The highest BCUT2D eigenvalue weighted by molar-refractivity contribution is 6.06. The van der Waals surface area contributed by atoms with Crippen LogP contribution < -0.4 is 4.90 Å². The van der Waals surface area contributed by atoms with Gasteiger partial charge in [-0.3, -0.25) is 4.79 Å². The molecule has 35 heavy (non-hydrogen) atoms. The molecular weight excluding hydrogens is 448 g/mol. The molecule has 2 bridgehead atoms. The van der Waals surface area contributed by atoms with E-state index in [9.17, 15) is 13.6 Å². The third-order valence-corrected chi connectivity index (χ3v) is 9.22. The van der Waals surface area contributed by atoms with Gasteiger partial charge in [-0.05, 0) is 93.2 Å². The van der Waals surface area contributed by atoms with Gasteiger partial charge in [0.2, 0.25) is 0 Å². The van der Waals surface area contributed by atoms with Crippen LogP contribution in [-0.2, 0) is 15.9 Å². The molecule has 8 rings (SSSR count). The lowest BCUT2D eigenvalue weighted by molar-refractivity contribution is -0.116. The Kier molecular flexibility index (Phi) is 4.52. The summed E-state index contributed by atoms with van der Waals surface area (Å²) in [5, 5.41) is 4.21. The highest BCUT2D eigenvalue weighted by atomic mass is 19.1. The maximum Gasteiger partial charge on any atom is 0.264 e. The first-order valence-corrected chi connectivity index (χ1v) is 13.0. The summed E-state index contributed by atoms with van der Waals surface area (Å²) in [5.74, 6) is 0.922. The highest BCUT2D eigenvalue weighted by Gasteiger charge is 2.55. The molecule has 0 spiro atoms. The van der Waals surface area contributed by atoms with Gasteiger partial charge in [0.15, 0.2) is 11.5 Å². The Bertz CT molecular complexity index is 1260. The Labute approximate surface area is 203 Å². The van der Waals surface area contributed by atoms with E-state index in [1.807, 2.05) is 17.0 Å². The average Bonchev–Trinajstić information content (AvgIpc) is 3.80. The number of carbonyl (C=O) groups is 1. The van der Waals surface area contributed by atoms with Gasteiger partial charge >= 0.3 is 0 Å². The molecule has 0 aliphatic heterocycles. The number of alkyl halides is 1. The van der Waals surface area contributed by atoms with E-state index in [2.05, 4.69) is 28.0 Å². The van der Waals surface area contributed by atoms with Gasteiger partial charge in [-0.15, -0.1) is 0 Å². The van der Waals surface area contributed by atoms with Gasteiger partial charge in [0.05, 0.1) is 5.57 Å². The zero-order valence-electron chi connectivity index (χ0n) is 19.8. The van der Waals surface area contributed by atoms with Crippen LogP contribution in [0.2, 0.25) is 0 Å². The van der Waals surface area contributed by atoms with E-state index in [0.717, 1.165) is 44.2 Å². The lowest BCUT2D eigenvalue weighted by atomic mass is 9.53. The standard InChI is InChI=1S/C28H29F2N3O2/c29-21-14-20(15-21)23(34)33(22-3-1-2-19(16-22)18-4-5-18)17-26-6-9-27(10-7-26,11-8-26)24-31-25(35-32-24)28(30)12-13-28/h1-3,16,18H,4-14,17H2. The van der Waals surface area contributed by atoms with Crippen molar-refractivity contribution >= 4 is 11.6 Å². The van der Waals surface area contributed by atoms with Gasteiger partial charge < -0.3 is 9.42 Å². The van der Waals surface area contributed by atoms with Gasteiger partial charge in [0.1, 0.15) is 5.83 Å². The number of hydrogen-bond acceptors (Lipinski definition) is 4. The molecule has 1 heterocycles. The quantitative estimate of drug-likeness (QED) is 0.438. The van der Waals surface area contributed by atoms with Crippen molar-refractivity contribution < 1.29 is 18.1 Å². The topological polar surface area (TPSA) is 59.2 Å². The summed E-state index contributed by atoms with van der Waals surface area (Å²) in [7, 11) is 0. The molecule has 5 nitrogen and oxygen atoms in total. The number of fused-ring (bicyclic) bond motifs is 3. The van der Waals surface area contributed by atoms with Crippen LogP contribution in [0.1, 0.15) is 93.8 Å². The molecule has 7 heteroatoms. The van der Waals surface area contributed by atoms with Gasteiger partial charge in [-0.2, -0.15) is 4.98 Å². The van der Waals surface area contributed by atoms with Crippen LogP contribution in [-0.4, -0.2) is 22.6 Å². The first-order chi connectivity index (χ1) is 16.9. The molecule has 182 valence electrons. The highest BCUT2D eigenvalue weighted by Crippen LogP contribution is 2.58. The summed E-state index contributed by atoms with van der Waals surface area (Å²) in [6.07, 6.45) is 8.98. The number of carbonyl (C=O) groups excluding carboxylic acids is 1. The molecule has 0 saturated heterocycles. The van der Waals surface area contributed by atoms with E-state index in [-0.39, 0.29) is 34.9 Å². The van der Waals surface area contributed by atoms with Crippen molar-refractivity contribution in [3.05, 3.63) is 58.7 Å². The van der Waals surface area contributed by atoms with E-state index < -0.39 is 5.67 Å². The molecule has 1 aromatic carbocycles. The number of halogens is 2. The Hall–Kier alpha value is -2.79. The van der Waals surface area contributed by atoms with Gasteiger partial charge in [-0.25, -0.2) is 8.78 Å². The first kappa shape index (κ1) is 21.5. The fraction of sp³-hybridized carbons (Fsp3) is 0.571. The molecule has 0 N–H and O–H groups in total.